The Balaban J connectivity index is 1.78. The highest BCUT2D eigenvalue weighted by Gasteiger charge is 2.37. The van der Waals surface area contributed by atoms with Crippen molar-refractivity contribution >= 4 is 11.8 Å². The second kappa shape index (κ2) is 4.89. The van der Waals surface area contributed by atoms with E-state index in [1.54, 1.807) is 17.0 Å². The Kier molecular flexibility index (Phi) is 3.20. The zero-order valence-corrected chi connectivity index (χ0v) is 11.4. The summed E-state index contributed by atoms with van der Waals surface area (Å²) in [5, 5.41) is 0. The van der Waals surface area contributed by atoms with Crippen LogP contribution in [0.15, 0.2) is 18.2 Å². The second-order valence-electron chi connectivity index (χ2n) is 5.51. The molecule has 106 valence electrons. The molecule has 2 fully saturated rings. The van der Waals surface area contributed by atoms with E-state index >= 15 is 0 Å². The van der Waals surface area contributed by atoms with Crippen LogP contribution in [0.4, 0.5) is 4.39 Å². The van der Waals surface area contributed by atoms with E-state index in [1.807, 2.05) is 11.8 Å². The summed E-state index contributed by atoms with van der Waals surface area (Å²) >= 11 is 0. The van der Waals surface area contributed by atoms with Gasteiger partial charge in [0.1, 0.15) is 5.82 Å². The maximum atomic E-state index is 13.8. The SMILES string of the molecule is Cc1ccc(F)c(C(=O)N2CCN3C(=O)CCC3C2)c1. The molecule has 0 aromatic heterocycles. The molecule has 2 heterocycles. The smallest absolute Gasteiger partial charge is 0.256 e. The highest BCUT2D eigenvalue weighted by atomic mass is 19.1. The van der Waals surface area contributed by atoms with Gasteiger partial charge in [-0.1, -0.05) is 11.6 Å². The maximum absolute atomic E-state index is 13.8. The molecule has 3 rings (SSSR count). The molecule has 0 N–H and O–H groups in total. The highest BCUT2D eigenvalue weighted by molar-refractivity contribution is 5.95. The first kappa shape index (κ1) is 13.1. The first-order valence-corrected chi connectivity index (χ1v) is 6.91. The van der Waals surface area contributed by atoms with Crippen molar-refractivity contribution in [1.82, 2.24) is 9.80 Å². The Labute approximate surface area is 117 Å². The van der Waals surface area contributed by atoms with E-state index in [0.717, 1.165) is 12.0 Å². The Morgan fingerprint density at radius 3 is 2.95 bits per heavy atom. The number of hydrogen-bond acceptors (Lipinski definition) is 2. The van der Waals surface area contributed by atoms with Crippen molar-refractivity contribution in [3.8, 4) is 0 Å². The molecule has 1 unspecified atom stereocenters. The normalized spacial score (nSPS) is 22.1. The molecule has 4 nitrogen and oxygen atoms in total. The monoisotopic (exact) mass is 276 g/mol. The standard InChI is InChI=1S/C15H17FN2O2/c1-10-2-4-13(16)12(8-10)15(20)17-6-7-18-11(9-17)3-5-14(18)19/h2,4,8,11H,3,5-7,9H2,1H3. The molecule has 1 aromatic carbocycles. The molecule has 2 amide bonds. The molecule has 2 aliphatic rings. The Morgan fingerprint density at radius 1 is 1.35 bits per heavy atom. The van der Waals surface area contributed by atoms with E-state index in [4.69, 9.17) is 0 Å². The van der Waals surface area contributed by atoms with Crippen molar-refractivity contribution < 1.29 is 14.0 Å². The number of benzene rings is 1. The summed E-state index contributed by atoms with van der Waals surface area (Å²) in [6, 6.07) is 4.68. The lowest BCUT2D eigenvalue weighted by Crippen LogP contribution is -2.53. The first-order valence-electron chi connectivity index (χ1n) is 6.91. The van der Waals surface area contributed by atoms with Crippen LogP contribution in [0.2, 0.25) is 0 Å². The van der Waals surface area contributed by atoms with Crippen LogP contribution in [0, 0.1) is 12.7 Å². The van der Waals surface area contributed by atoms with Gasteiger partial charge in [-0.3, -0.25) is 9.59 Å². The predicted molar refractivity (Wildman–Crippen MR) is 71.8 cm³/mol. The third-order valence-electron chi connectivity index (χ3n) is 4.13. The van der Waals surface area contributed by atoms with Gasteiger partial charge < -0.3 is 9.80 Å². The number of carbonyl (C=O) groups excluding carboxylic acids is 2. The number of piperazine rings is 1. The number of rotatable bonds is 1. The van der Waals surface area contributed by atoms with Gasteiger partial charge in [-0.2, -0.15) is 0 Å². The van der Waals surface area contributed by atoms with Gasteiger partial charge in [0.25, 0.3) is 5.91 Å². The molecular weight excluding hydrogens is 259 g/mol. The summed E-state index contributed by atoms with van der Waals surface area (Å²) in [6.07, 6.45) is 1.35. The number of fused-ring (bicyclic) bond motifs is 1. The zero-order valence-electron chi connectivity index (χ0n) is 11.4. The van der Waals surface area contributed by atoms with Crippen LogP contribution < -0.4 is 0 Å². The quantitative estimate of drug-likeness (QED) is 0.781. The topological polar surface area (TPSA) is 40.6 Å². The number of carbonyl (C=O) groups is 2. The number of aryl methyl sites for hydroxylation is 1. The Morgan fingerprint density at radius 2 is 2.15 bits per heavy atom. The van der Waals surface area contributed by atoms with Gasteiger partial charge in [0, 0.05) is 32.1 Å². The molecule has 2 aliphatic heterocycles. The molecule has 0 aliphatic carbocycles. The van der Waals surface area contributed by atoms with E-state index in [0.29, 0.717) is 26.1 Å². The van der Waals surface area contributed by atoms with E-state index in [1.165, 1.54) is 6.07 Å². The lowest BCUT2D eigenvalue weighted by atomic mass is 10.1. The summed E-state index contributed by atoms with van der Waals surface area (Å²) in [6.45, 7) is 3.39. The fraction of sp³-hybridized carbons (Fsp3) is 0.467. The maximum Gasteiger partial charge on any atom is 0.256 e. The lowest BCUT2D eigenvalue weighted by Gasteiger charge is -2.37. The van der Waals surface area contributed by atoms with Gasteiger partial charge in [0.2, 0.25) is 5.91 Å². The molecule has 0 spiro atoms. The summed E-state index contributed by atoms with van der Waals surface area (Å²) < 4.78 is 13.8. The molecule has 1 atom stereocenters. The first-order chi connectivity index (χ1) is 9.56. The van der Waals surface area contributed by atoms with Gasteiger partial charge in [0.05, 0.1) is 5.56 Å². The number of hydrogen-bond donors (Lipinski definition) is 0. The van der Waals surface area contributed by atoms with E-state index < -0.39 is 5.82 Å². The van der Waals surface area contributed by atoms with Gasteiger partial charge in [-0.05, 0) is 25.5 Å². The minimum Gasteiger partial charge on any atom is -0.336 e. The van der Waals surface area contributed by atoms with E-state index in [9.17, 15) is 14.0 Å². The summed E-state index contributed by atoms with van der Waals surface area (Å²) in [4.78, 5) is 27.5. The van der Waals surface area contributed by atoms with Crippen molar-refractivity contribution in [3.05, 3.63) is 35.1 Å². The van der Waals surface area contributed by atoms with Crippen LogP contribution in [0.3, 0.4) is 0 Å². The van der Waals surface area contributed by atoms with Gasteiger partial charge in [-0.15, -0.1) is 0 Å². The number of amides is 2. The lowest BCUT2D eigenvalue weighted by molar-refractivity contribution is -0.130. The number of nitrogens with zero attached hydrogens (tertiary/aromatic N) is 2. The number of halogens is 1. The molecule has 1 aromatic rings. The average Bonchev–Trinajstić information content (AvgIpc) is 2.82. The molecule has 2 saturated heterocycles. The van der Waals surface area contributed by atoms with Crippen molar-refractivity contribution in [2.45, 2.75) is 25.8 Å². The van der Waals surface area contributed by atoms with E-state index in [-0.39, 0.29) is 23.4 Å². The van der Waals surface area contributed by atoms with Crippen LogP contribution >= 0.6 is 0 Å². The molecule has 0 saturated carbocycles. The molecular formula is C15H17FN2O2. The second-order valence-corrected chi connectivity index (χ2v) is 5.51. The molecule has 20 heavy (non-hydrogen) atoms. The van der Waals surface area contributed by atoms with Crippen LogP contribution in [0.5, 0.6) is 0 Å². The van der Waals surface area contributed by atoms with E-state index in [2.05, 4.69) is 0 Å². The third-order valence-corrected chi connectivity index (χ3v) is 4.13. The van der Waals surface area contributed by atoms with Crippen molar-refractivity contribution in [2.24, 2.45) is 0 Å². The summed E-state index contributed by atoms with van der Waals surface area (Å²) in [5.41, 5.74) is 0.993. The van der Waals surface area contributed by atoms with Crippen LogP contribution in [0.25, 0.3) is 0 Å². The van der Waals surface area contributed by atoms with Gasteiger partial charge in [-0.25, -0.2) is 4.39 Å². The third kappa shape index (κ3) is 2.17. The predicted octanol–water partition coefficient (Wildman–Crippen LogP) is 1.58. The van der Waals surface area contributed by atoms with Crippen molar-refractivity contribution in [3.63, 3.8) is 0 Å². The molecule has 0 bridgehead atoms. The Hall–Kier alpha value is -1.91. The fourth-order valence-corrected chi connectivity index (χ4v) is 3.02. The molecule has 0 radical (unpaired) electrons. The summed E-state index contributed by atoms with van der Waals surface area (Å²) in [5.74, 6) is -0.584. The minimum absolute atomic E-state index is 0.105. The largest absolute Gasteiger partial charge is 0.336 e. The van der Waals surface area contributed by atoms with Crippen LogP contribution in [-0.2, 0) is 4.79 Å². The Bertz CT molecular complexity index is 573. The highest BCUT2D eigenvalue weighted by Crippen LogP contribution is 2.24. The molecule has 5 heteroatoms. The summed E-state index contributed by atoms with van der Waals surface area (Å²) in [7, 11) is 0. The van der Waals surface area contributed by atoms with Crippen molar-refractivity contribution in [2.75, 3.05) is 19.6 Å². The average molecular weight is 276 g/mol. The minimum atomic E-state index is -0.481. The van der Waals surface area contributed by atoms with Crippen molar-refractivity contribution in [1.29, 1.82) is 0 Å². The van der Waals surface area contributed by atoms with Crippen LogP contribution in [0.1, 0.15) is 28.8 Å². The zero-order chi connectivity index (χ0) is 14.3. The van der Waals surface area contributed by atoms with Gasteiger partial charge in [0.15, 0.2) is 0 Å². The van der Waals surface area contributed by atoms with Crippen LogP contribution in [-0.4, -0.2) is 47.3 Å². The fourth-order valence-electron chi connectivity index (χ4n) is 3.02. The van der Waals surface area contributed by atoms with Gasteiger partial charge >= 0.3 is 0 Å².